The number of aryl methyl sites for hydroxylation is 1. The van der Waals surface area contributed by atoms with E-state index >= 15 is 0 Å². The van der Waals surface area contributed by atoms with E-state index in [-0.39, 0.29) is 5.92 Å². The summed E-state index contributed by atoms with van der Waals surface area (Å²) in [4.78, 5) is 5.12. The first-order valence-corrected chi connectivity index (χ1v) is 16.4. The average molecular weight is 591 g/mol. The van der Waals surface area contributed by atoms with Crippen LogP contribution in [0.25, 0.3) is 45.3 Å². The molecule has 5 aromatic carbocycles. The molecule has 1 heterocycles. The van der Waals surface area contributed by atoms with Gasteiger partial charge in [0.1, 0.15) is 5.82 Å². The maximum absolute atomic E-state index is 5.12. The smallest absolute Gasteiger partial charge is 0.145 e. The Hall–Kier alpha value is -5.47. The van der Waals surface area contributed by atoms with Crippen LogP contribution in [0.4, 0.5) is 0 Å². The summed E-state index contributed by atoms with van der Waals surface area (Å²) in [6, 6.07) is 44.2. The molecule has 2 atom stereocenters. The van der Waals surface area contributed by atoms with Crippen LogP contribution in [-0.2, 0) is 6.42 Å². The molecule has 0 bridgehead atoms. The van der Waals surface area contributed by atoms with Crippen LogP contribution in [0, 0.1) is 11.8 Å². The first-order chi connectivity index (χ1) is 22.7. The predicted molar refractivity (Wildman–Crippen MR) is 191 cm³/mol. The number of nitrogens with zero attached hydrogens (tertiary/aromatic N) is 2. The van der Waals surface area contributed by atoms with Crippen molar-refractivity contribution in [3.05, 3.63) is 184 Å². The molecule has 2 unspecified atom stereocenters. The van der Waals surface area contributed by atoms with Crippen LogP contribution in [0.3, 0.4) is 0 Å². The van der Waals surface area contributed by atoms with E-state index in [0.717, 1.165) is 41.0 Å². The molecule has 0 saturated carbocycles. The Morgan fingerprint density at radius 1 is 0.717 bits per heavy atom. The van der Waals surface area contributed by atoms with E-state index in [4.69, 9.17) is 4.98 Å². The van der Waals surface area contributed by atoms with Gasteiger partial charge in [-0.3, -0.25) is 4.57 Å². The van der Waals surface area contributed by atoms with Crippen molar-refractivity contribution in [2.75, 3.05) is 0 Å². The Bertz CT molecular complexity index is 2370. The van der Waals surface area contributed by atoms with E-state index in [1.165, 1.54) is 49.4 Å². The standard InChI is InChI=1S/C44H34N2/c1-29-12-11-19-38-41(29)43(34-27-22-30-13-5-6-14-33(30)28-34)37-18-8-7-17-36(37)42(38)31-23-25-32(26-24-31)44-45-39-20-9-10-21-40(39)46(44)35-15-3-2-4-16-35/h2-5,7-13,15-29,41H,6,14H2,1H3. The third-order valence-corrected chi connectivity index (χ3v) is 9.98. The molecule has 0 radical (unpaired) electrons. The maximum Gasteiger partial charge on any atom is 0.145 e. The summed E-state index contributed by atoms with van der Waals surface area (Å²) in [6.07, 6.45) is 13.8. The molecule has 0 fully saturated rings. The summed E-state index contributed by atoms with van der Waals surface area (Å²) < 4.78 is 2.27. The van der Waals surface area contributed by atoms with Gasteiger partial charge in [0.05, 0.1) is 11.0 Å². The van der Waals surface area contributed by atoms with Crippen molar-refractivity contribution in [1.29, 1.82) is 0 Å². The number of aromatic nitrogens is 2. The number of rotatable bonds is 4. The zero-order valence-corrected chi connectivity index (χ0v) is 25.9. The molecule has 0 aliphatic heterocycles. The Labute approximate surface area is 269 Å². The minimum Gasteiger partial charge on any atom is -0.292 e. The summed E-state index contributed by atoms with van der Waals surface area (Å²) >= 11 is 0. The van der Waals surface area contributed by atoms with Crippen LogP contribution < -0.4 is 10.4 Å². The van der Waals surface area contributed by atoms with Crippen molar-refractivity contribution in [3.63, 3.8) is 0 Å². The van der Waals surface area contributed by atoms with Gasteiger partial charge in [0.25, 0.3) is 0 Å². The molecular weight excluding hydrogens is 556 g/mol. The number of hydrogen-bond donors (Lipinski definition) is 0. The maximum atomic E-state index is 5.12. The molecule has 2 heteroatoms. The van der Waals surface area contributed by atoms with Gasteiger partial charge < -0.3 is 0 Å². The van der Waals surface area contributed by atoms with Crippen molar-refractivity contribution in [1.82, 2.24) is 9.55 Å². The lowest BCUT2D eigenvalue weighted by atomic mass is 9.68. The highest BCUT2D eigenvalue weighted by atomic mass is 15.1. The topological polar surface area (TPSA) is 17.8 Å². The Morgan fingerprint density at radius 3 is 2.33 bits per heavy atom. The molecule has 1 aromatic heterocycles. The highest BCUT2D eigenvalue weighted by Crippen LogP contribution is 2.43. The lowest BCUT2D eigenvalue weighted by Gasteiger charge is -2.35. The molecule has 3 aliphatic carbocycles. The second kappa shape index (κ2) is 10.9. The van der Waals surface area contributed by atoms with Crippen LogP contribution >= 0.6 is 0 Å². The number of allylic oxidation sites excluding steroid dienone is 5. The molecule has 2 nitrogen and oxygen atoms in total. The third-order valence-electron chi connectivity index (χ3n) is 9.98. The van der Waals surface area contributed by atoms with Gasteiger partial charge in [0, 0.05) is 17.2 Å². The number of imidazole rings is 1. The molecule has 0 spiro atoms. The fourth-order valence-electron chi connectivity index (χ4n) is 7.85. The van der Waals surface area contributed by atoms with Gasteiger partial charge in [0.15, 0.2) is 0 Å². The molecular formula is C44H34N2. The first kappa shape index (κ1) is 26.9. The molecule has 220 valence electrons. The highest BCUT2D eigenvalue weighted by Gasteiger charge is 2.33. The van der Waals surface area contributed by atoms with Gasteiger partial charge in [-0.25, -0.2) is 4.98 Å². The second-order valence-electron chi connectivity index (χ2n) is 12.7. The van der Waals surface area contributed by atoms with Crippen LogP contribution in [0.5, 0.6) is 0 Å². The molecule has 0 N–H and O–H groups in total. The summed E-state index contributed by atoms with van der Waals surface area (Å²) in [5.74, 6) is 1.63. The monoisotopic (exact) mass is 590 g/mol. The largest absolute Gasteiger partial charge is 0.292 e. The third kappa shape index (κ3) is 4.29. The first-order valence-electron chi connectivity index (χ1n) is 16.4. The van der Waals surface area contributed by atoms with Crippen molar-refractivity contribution >= 4 is 28.3 Å². The van der Waals surface area contributed by atoms with Crippen molar-refractivity contribution in [2.24, 2.45) is 11.8 Å². The van der Waals surface area contributed by atoms with E-state index in [2.05, 4.69) is 163 Å². The average Bonchev–Trinajstić information content (AvgIpc) is 3.51. The van der Waals surface area contributed by atoms with E-state index < -0.39 is 0 Å². The normalized spacial score (nSPS) is 18.2. The Kier molecular flexibility index (Phi) is 6.35. The van der Waals surface area contributed by atoms with E-state index in [0.29, 0.717) is 5.92 Å². The molecule has 3 aliphatic rings. The second-order valence-corrected chi connectivity index (χ2v) is 12.7. The van der Waals surface area contributed by atoms with Crippen LogP contribution in [0.15, 0.2) is 151 Å². The van der Waals surface area contributed by atoms with E-state index in [1.807, 2.05) is 0 Å². The molecule has 9 rings (SSSR count). The zero-order chi connectivity index (χ0) is 30.6. The molecule has 0 amide bonds. The number of fused-ring (bicyclic) bond motifs is 4. The van der Waals surface area contributed by atoms with Crippen LogP contribution in [0.2, 0.25) is 0 Å². The molecule has 6 aromatic rings. The SMILES string of the molecule is CC1C=CC=C2C(c3ccc(-c4nc5ccccc5n4-c4ccccc4)cc3)=c3ccccc3=C(c3ccc4c(c3)CCC=C4)C21. The van der Waals surface area contributed by atoms with E-state index in [9.17, 15) is 0 Å². The summed E-state index contributed by atoms with van der Waals surface area (Å²) in [6.45, 7) is 2.37. The van der Waals surface area contributed by atoms with Gasteiger partial charge in [0.2, 0.25) is 0 Å². The van der Waals surface area contributed by atoms with Crippen molar-refractivity contribution in [2.45, 2.75) is 19.8 Å². The van der Waals surface area contributed by atoms with E-state index in [1.54, 1.807) is 0 Å². The van der Waals surface area contributed by atoms with Gasteiger partial charge >= 0.3 is 0 Å². The number of para-hydroxylation sites is 3. The van der Waals surface area contributed by atoms with Crippen molar-refractivity contribution < 1.29 is 0 Å². The van der Waals surface area contributed by atoms with Crippen LogP contribution in [-0.4, -0.2) is 9.55 Å². The Morgan fingerprint density at radius 2 is 1.46 bits per heavy atom. The summed E-state index contributed by atoms with van der Waals surface area (Å²) in [7, 11) is 0. The van der Waals surface area contributed by atoms with Gasteiger partial charge in [-0.15, -0.1) is 0 Å². The minimum atomic E-state index is 0.286. The number of benzene rings is 5. The Balaban J connectivity index is 1.24. The lowest BCUT2D eigenvalue weighted by molar-refractivity contribution is 0.597. The van der Waals surface area contributed by atoms with Gasteiger partial charge in [-0.2, -0.15) is 0 Å². The fraction of sp³-hybridized carbons (Fsp3) is 0.114. The molecule has 0 saturated heterocycles. The summed E-state index contributed by atoms with van der Waals surface area (Å²) in [5.41, 5.74) is 13.9. The lowest BCUT2D eigenvalue weighted by Crippen LogP contribution is -2.39. The highest BCUT2D eigenvalue weighted by molar-refractivity contribution is 5.90. The number of hydrogen-bond acceptors (Lipinski definition) is 1. The fourth-order valence-corrected chi connectivity index (χ4v) is 7.85. The molecule has 46 heavy (non-hydrogen) atoms. The predicted octanol–water partition coefficient (Wildman–Crippen LogP) is 8.81. The quantitative estimate of drug-likeness (QED) is 0.201. The minimum absolute atomic E-state index is 0.286. The summed E-state index contributed by atoms with van der Waals surface area (Å²) in [5, 5.41) is 2.66. The van der Waals surface area contributed by atoms with Gasteiger partial charge in [-0.05, 0) is 92.4 Å². The zero-order valence-electron chi connectivity index (χ0n) is 25.9. The van der Waals surface area contributed by atoms with Crippen LogP contribution in [0.1, 0.15) is 35.6 Å². The van der Waals surface area contributed by atoms with Crippen molar-refractivity contribution in [3.8, 4) is 17.1 Å². The van der Waals surface area contributed by atoms with Gasteiger partial charge in [-0.1, -0.05) is 134 Å².